The summed E-state index contributed by atoms with van der Waals surface area (Å²) in [6.45, 7) is 5.42. The van der Waals surface area contributed by atoms with E-state index in [-0.39, 0.29) is 11.7 Å². The number of rotatable bonds is 6. The fourth-order valence-corrected chi connectivity index (χ4v) is 3.84. The second-order valence-electron chi connectivity index (χ2n) is 7.39. The van der Waals surface area contributed by atoms with Crippen molar-refractivity contribution in [3.63, 3.8) is 0 Å². The van der Waals surface area contributed by atoms with Crippen LogP contribution in [-0.2, 0) is 19.4 Å². The van der Waals surface area contributed by atoms with Crippen molar-refractivity contribution in [1.29, 1.82) is 0 Å². The van der Waals surface area contributed by atoms with Gasteiger partial charge in [0.2, 0.25) is 0 Å². The topological polar surface area (TPSA) is 58.9 Å². The maximum Gasteiger partial charge on any atom is 0.276 e. The van der Waals surface area contributed by atoms with Crippen LogP contribution >= 0.6 is 0 Å². The summed E-state index contributed by atoms with van der Waals surface area (Å²) in [5, 5.41) is 10.8. The number of aryl methyl sites for hydroxylation is 1. The van der Waals surface area contributed by atoms with Gasteiger partial charge in [-0.3, -0.25) is 4.79 Å². The molecule has 6 heteroatoms. The number of nitrogens with one attached hydrogen (secondary N) is 2. The number of hydrogen-bond acceptors (Lipinski definition) is 3. The van der Waals surface area contributed by atoms with Gasteiger partial charge in [0.25, 0.3) is 5.91 Å². The highest BCUT2D eigenvalue weighted by molar-refractivity contribution is 6.04. The largest absolute Gasteiger partial charge is 0.320 e. The second kappa shape index (κ2) is 8.17. The average molecular weight is 392 g/mol. The fraction of sp³-hybridized carbons (Fsp3) is 0.304. The van der Waals surface area contributed by atoms with Gasteiger partial charge in [-0.15, -0.1) is 0 Å². The molecule has 29 heavy (non-hydrogen) atoms. The van der Waals surface area contributed by atoms with Crippen molar-refractivity contribution in [3.8, 4) is 5.69 Å². The lowest BCUT2D eigenvalue weighted by atomic mass is 10.1. The number of carbonyl (C=O) groups excluding carboxylic acids is 1. The number of carbonyl (C=O) groups is 1. The predicted octanol–water partition coefficient (Wildman–Crippen LogP) is 4.17. The van der Waals surface area contributed by atoms with Crippen LogP contribution in [0.3, 0.4) is 0 Å². The van der Waals surface area contributed by atoms with Crippen molar-refractivity contribution < 1.29 is 9.18 Å². The highest BCUT2D eigenvalue weighted by Crippen LogP contribution is 2.29. The van der Waals surface area contributed by atoms with E-state index >= 15 is 0 Å². The lowest BCUT2D eigenvalue weighted by Crippen LogP contribution is -2.18. The van der Waals surface area contributed by atoms with Gasteiger partial charge in [-0.25, -0.2) is 9.07 Å². The average Bonchev–Trinajstić information content (AvgIpc) is 3.30. The van der Waals surface area contributed by atoms with Crippen LogP contribution in [0.2, 0.25) is 0 Å². The van der Waals surface area contributed by atoms with Crippen LogP contribution in [0, 0.1) is 12.7 Å². The zero-order valence-corrected chi connectivity index (χ0v) is 16.8. The Bertz CT molecular complexity index is 1060. The molecule has 1 amide bonds. The number of halogens is 1. The molecule has 0 unspecified atom stereocenters. The maximum atomic E-state index is 14.6. The van der Waals surface area contributed by atoms with Crippen molar-refractivity contribution in [3.05, 3.63) is 76.4 Å². The number of anilines is 1. The van der Waals surface area contributed by atoms with Gasteiger partial charge in [-0.1, -0.05) is 31.2 Å². The van der Waals surface area contributed by atoms with Crippen molar-refractivity contribution in [2.75, 3.05) is 11.9 Å². The predicted molar refractivity (Wildman–Crippen MR) is 112 cm³/mol. The molecule has 0 aliphatic heterocycles. The lowest BCUT2D eigenvalue weighted by molar-refractivity contribution is 0.102. The molecule has 0 saturated heterocycles. The third-order valence-corrected chi connectivity index (χ3v) is 5.31. The van der Waals surface area contributed by atoms with E-state index in [0.717, 1.165) is 53.9 Å². The highest BCUT2D eigenvalue weighted by Gasteiger charge is 2.28. The number of nitrogens with zero attached hydrogens (tertiary/aromatic N) is 2. The van der Waals surface area contributed by atoms with E-state index in [1.807, 2.05) is 44.2 Å². The molecule has 2 N–H and O–H groups in total. The third-order valence-electron chi connectivity index (χ3n) is 5.31. The molecule has 0 fully saturated rings. The van der Waals surface area contributed by atoms with Crippen LogP contribution in [0.1, 0.15) is 46.2 Å². The smallest absolute Gasteiger partial charge is 0.276 e. The SMILES string of the molecule is CCNCc1ccccc1NC(=O)c1nn(-c2ccc(C)cc2F)c2c1CCC2. The number of benzene rings is 2. The van der Waals surface area contributed by atoms with E-state index in [4.69, 9.17) is 0 Å². The Balaban J connectivity index is 1.67. The van der Waals surface area contributed by atoms with Crippen molar-refractivity contribution in [1.82, 2.24) is 15.1 Å². The first-order chi connectivity index (χ1) is 14.1. The van der Waals surface area contributed by atoms with Crippen LogP contribution in [-0.4, -0.2) is 22.2 Å². The summed E-state index contributed by atoms with van der Waals surface area (Å²) < 4.78 is 16.2. The molecule has 0 saturated carbocycles. The quantitative estimate of drug-likeness (QED) is 0.662. The standard InChI is InChI=1S/C23H25FN4O/c1-3-25-14-16-7-4-5-9-19(16)26-23(29)22-17-8-6-10-20(17)28(27-22)21-12-11-15(2)13-18(21)24/h4-5,7,9,11-13,25H,3,6,8,10,14H2,1-2H3,(H,26,29). The van der Waals surface area contributed by atoms with E-state index in [2.05, 4.69) is 15.7 Å². The molecular weight excluding hydrogens is 367 g/mol. The van der Waals surface area contributed by atoms with Crippen LogP contribution in [0.4, 0.5) is 10.1 Å². The minimum atomic E-state index is -0.329. The normalized spacial score (nSPS) is 12.8. The molecule has 4 rings (SSSR count). The minimum Gasteiger partial charge on any atom is -0.320 e. The molecule has 2 aromatic carbocycles. The molecule has 1 aromatic heterocycles. The Kier molecular flexibility index (Phi) is 5.45. The molecule has 150 valence electrons. The Hall–Kier alpha value is -2.99. The zero-order chi connectivity index (χ0) is 20.4. The lowest BCUT2D eigenvalue weighted by Gasteiger charge is -2.11. The first kappa shape index (κ1) is 19.3. The van der Waals surface area contributed by atoms with Gasteiger partial charge in [-0.05, 0) is 62.1 Å². The Morgan fingerprint density at radius 1 is 1.21 bits per heavy atom. The first-order valence-corrected chi connectivity index (χ1v) is 10.1. The number of hydrogen-bond donors (Lipinski definition) is 2. The molecular formula is C23H25FN4O. The third kappa shape index (κ3) is 3.80. The second-order valence-corrected chi connectivity index (χ2v) is 7.39. The number of para-hydroxylation sites is 1. The molecule has 3 aromatic rings. The zero-order valence-electron chi connectivity index (χ0n) is 16.8. The maximum absolute atomic E-state index is 14.6. The van der Waals surface area contributed by atoms with Crippen molar-refractivity contribution >= 4 is 11.6 Å². The van der Waals surface area contributed by atoms with Crippen LogP contribution in [0.5, 0.6) is 0 Å². The van der Waals surface area contributed by atoms with E-state index in [9.17, 15) is 9.18 Å². The van der Waals surface area contributed by atoms with Gasteiger partial charge in [0.1, 0.15) is 11.5 Å². The Labute approximate surface area is 169 Å². The van der Waals surface area contributed by atoms with E-state index in [0.29, 0.717) is 17.9 Å². The van der Waals surface area contributed by atoms with Gasteiger partial charge in [-0.2, -0.15) is 5.10 Å². The van der Waals surface area contributed by atoms with Crippen molar-refractivity contribution in [2.24, 2.45) is 0 Å². The minimum absolute atomic E-state index is 0.252. The monoisotopic (exact) mass is 392 g/mol. The number of amides is 1. The van der Waals surface area contributed by atoms with Crippen LogP contribution in [0.25, 0.3) is 5.69 Å². The molecule has 0 atom stereocenters. The van der Waals surface area contributed by atoms with E-state index < -0.39 is 0 Å². The first-order valence-electron chi connectivity index (χ1n) is 10.1. The summed E-state index contributed by atoms with van der Waals surface area (Å²) in [5.41, 5.74) is 5.26. The number of aromatic nitrogens is 2. The van der Waals surface area contributed by atoms with Crippen LogP contribution < -0.4 is 10.6 Å². The Morgan fingerprint density at radius 3 is 2.83 bits per heavy atom. The molecule has 0 spiro atoms. The summed E-state index contributed by atoms with van der Waals surface area (Å²) >= 11 is 0. The van der Waals surface area contributed by atoms with E-state index in [1.165, 1.54) is 6.07 Å². The van der Waals surface area contributed by atoms with Gasteiger partial charge >= 0.3 is 0 Å². The van der Waals surface area contributed by atoms with Crippen LogP contribution in [0.15, 0.2) is 42.5 Å². The molecule has 5 nitrogen and oxygen atoms in total. The molecule has 0 radical (unpaired) electrons. The van der Waals surface area contributed by atoms with Gasteiger partial charge in [0.15, 0.2) is 5.69 Å². The Morgan fingerprint density at radius 2 is 2.03 bits per heavy atom. The summed E-state index contributed by atoms with van der Waals surface area (Å²) in [7, 11) is 0. The molecule has 1 aliphatic rings. The molecule has 1 aliphatic carbocycles. The van der Waals surface area contributed by atoms with Gasteiger partial charge < -0.3 is 10.6 Å². The van der Waals surface area contributed by atoms with Gasteiger partial charge in [0, 0.05) is 23.5 Å². The van der Waals surface area contributed by atoms with Gasteiger partial charge in [0.05, 0.1) is 0 Å². The molecule has 0 bridgehead atoms. The molecule has 1 heterocycles. The summed E-state index contributed by atoms with van der Waals surface area (Å²) in [5.74, 6) is -0.580. The summed E-state index contributed by atoms with van der Waals surface area (Å²) in [6.07, 6.45) is 2.52. The summed E-state index contributed by atoms with van der Waals surface area (Å²) in [6, 6.07) is 12.8. The highest BCUT2D eigenvalue weighted by atomic mass is 19.1. The summed E-state index contributed by atoms with van der Waals surface area (Å²) in [4.78, 5) is 13.1. The van der Waals surface area contributed by atoms with Crippen molar-refractivity contribution in [2.45, 2.75) is 39.7 Å². The number of fused-ring (bicyclic) bond motifs is 1. The van der Waals surface area contributed by atoms with E-state index in [1.54, 1.807) is 10.7 Å². The fourth-order valence-electron chi connectivity index (χ4n) is 3.84.